The van der Waals surface area contributed by atoms with E-state index in [0.717, 1.165) is 0 Å². The number of carbonyl (C=O) groups excluding carboxylic acids is 2. The van der Waals surface area contributed by atoms with Gasteiger partial charge < -0.3 is 20.4 Å². The highest BCUT2D eigenvalue weighted by Gasteiger charge is 2.32. The van der Waals surface area contributed by atoms with Crippen molar-refractivity contribution in [3.8, 4) is 0 Å². The summed E-state index contributed by atoms with van der Waals surface area (Å²) in [5, 5.41) is 5.80. The summed E-state index contributed by atoms with van der Waals surface area (Å²) in [6, 6.07) is 5.23. The quantitative estimate of drug-likeness (QED) is 0.898. The van der Waals surface area contributed by atoms with Crippen LogP contribution in [0.3, 0.4) is 0 Å². The highest BCUT2D eigenvalue weighted by Crippen LogP contribution is 2.26. The number of hydrogen-bond acceptors (Lipinski definition) is 3. The molecule has 3 amide bonds. The predicted octanol–water partition coefficient (Wildman–Crippen LogP) is 2.08. The van der Waals surface area contributed by atoms with Crippen molar-refractivity contribution in [3.63, 3.8) is 0 Å². The van der Waals surface area contributed by atoms with Crippen molar-refractivity contribution >= 4 is 34.9 Å². The normalized spacial score (nSPS) is 14.8. The summed E-state index contributed by atoms with van der Waals surface area (Å²) in [6.07, 6.45) is 0. The van der Waals surface area contributed by atoms with Crippen LogP contribution in [0, 0.1) is 0 Å². The number of amides is 3. The van der Waals surface area contributed by atoms with Gasteiger partial charge in [-0.05, 0) is 32.3 Å². The van der Waals surface area contributed by atoms with Crippen LogP contribution in [0.4, 0.5) is 16.2 Å². The Morgan fingerprint density at radius 1 is 1.29 bits per heavy atom. The maximum atomic E-state index is 12.0. The Morgan fingerprint density at radius 3 is 2.48 bits per heavy atom. The number of rotatable bonds is 3. The Morgan fingerprint density at radius 2 is 1.95 bits per heavy atom. The van der Waals surface area contributed by atoms with Crippen molar-refractivity contribution in [2.45, 2.75) is 13.0 Å². The average Bonchev–Trinajstić information content (AvgIpc) is 2.29. The van der Waals surface area contributed by atoms with Crippen molar-refractivity contribution < 1.29 is 9.59 Å². The standard InChI is InChI=1S/C14H19ClN4O2/c1-9(20)16-10-4-5-13(12(15)6-10)17-14(21)19-7-11(8-19)18(2)3/h4-6,11H,7-8H2,1-3H3,(H,16,20)(H,17,21). The molecule has 0 atom stereocenters. The maximum Gasteiger partial charge on any atom is 0.321 e. The van der Waals surface area contributed by atoms with Crippen LogP contribution < -0.4 is 10.6 Å². The number of nitrogens with one attached hydrogen (secondary N) is 2. The van der Waals surface area contributed by atoms with E-state index in [4.69, 9.17) is 11.6 Å². The van der Waals surface area contributed by atoms with Crippen molar-refractivity contribution in [1.82, 2.24) is 9.80 Å². The van der Waals surface area contributed by atoms with Gasteiger partial charge in [-0.2, -0.15) is 0 Å². The molecule has 1 aromatic carbocycles. The van der Waals surface area contributed by atoms with Gasteiger partial charge in [0.25, 0.3) is 0 Å². The molecule has 1 aromatic rings. The van der Waals surface area contributed by atoms with Gasteiger partial charge in [0, 0.05) is 31.7 Å². The summed E-state index contributed by atoms with van der Waals surface area (Å²) in [4.78, 5) is 26.8. The van der Waals surface area contributed by atoms with Gasteiger partial charge >= 0.3 is 6.03 Å². The molecule has 0 saturated carbocycles. The van der Waals surface area contributed by atoms with Crippen molar-refractivity contribution in [3.05, 3.63) is 23.2 Å². The van der Waals surface area contributed by atoms with Gasteiger partial charge in [0.1, 0.15) is 0 Å². The molecule has 2 rings (SSSR count). The minimum atomic E-state index is -0.168. The molecule has 0 aliphatic carbocycles. The maximum absolute atomic E-state index is 12.0. The number of likely N-dealkylation sites (N-methyl/N-ethyl adjacent to an activating group) is 1. The predicted molar refractivity (Wildman–Crippen MR) is 83.8 cm³/mol. The Bertz CT molecular complexity index is 556. The van der Waals surface area contributed by atoms with Crippen molar-refractivity contribution in [2.24, 2.45) is 0 Å². The molecular formula is C14H19ClN4O2. The van der Waals surface area contributed by atoms with Gasteiger partial charge in [0.15, 0.2) is 0 Å². The zero-order chi connectivity index (χ0) is 15.6. The van der Waals surface area contributed by atoms with E-state index < -0.39 is 0 Å². The fourth-order valence-electron chi connectivity index (χ4n) is 2.04. The topological polar surface area (TPSA) is 64.7 Å². The molecule has 21 heavy (non-hydrogen) atoms. The molecule has 1 heterocycles. The number of halogens is 1. The number of urea groups is 1. The summed E-state index contributed by atoms with van der Waals surface area (Å²) in [7, 11) is 4.00. The van der Waals surface area contributed by atoms with E-state index in [1.165, 1.54) is 6.92 Å². The first-order chi connectivity index (χ1) is 9.86. The van der Waals surface area contributed by atoms with Crippen molar-refractivity contribution in [2.75, 3.05) is 37.8 Å². The smallest absolute Gasteiger partial charge is 0.321 e. The zero-order valence-corrected chi connectivity index (χ0v) is 13.1. The molecule has 1 fully saturated rings. The number of anilines is 2. The lowest BCUT2D eigenvalue weighted by atomic mass is 10.1. The molecule has 114 valence electrons. The molecule has 1 aliphatic rings. The molecular weight excluding hydrogens is 292 g/mol. The van der Waals surface area contributed by atoms with E-state index in [-0.39, 0.29) is 11.9 Å². The molecule has 0 unspecified atom stereocenters. The molecule has 6 nitrogen and oxygen atoms in total. The zero-order valence-electron chi connectivity index (χ0n) is 12.3. The molecule has 2 N–H and O–H groups in total. The van der Waals surface area contributed by atoms with Crippen LogP contribution in [-0.2, 0) is 4.79 Å². The third kappa shape index (κ3) is 3.86. The van der Waals surface area contributed by atoms with Crippen LogP contribution in [0.2, 0.25) is 5.02 Å². The lowest BCUT2D eigenvalue weighted by Gasteiger charge is -2.42. The minimum Gasteiger partial charge on any atom is -0.326 e. The van der Waals surface area contributed by atoms with Crippen molar-refractivity contribution in [1.29, 1.82) is 0 Å². The first kappa shape index (κ1) is 15.6. The monoisotopic (exact) mass is 310 g/mol. The fraction of sp³-hybridized carbons (Fsp3) is 0.429. The number of hydrogen-bond donors (Lipinski definition) is 2. The first-order valence-corrected chi connectivity index (χ1v) is 7.04. The summed E-state index contributed by atoms with van der Waals surface area (Å²) >= 11 is 6.11. The fourth-order valence-corrected chi connectivity index (χ4v) is 2.27. The molecule has 0 radical (unpaired) electrons. The van der Waals surface area contributed by atoms with E-state index in [0.29, 0.717) is 35.5 Å². The lowest BCUT2D eigenvalue weighted by molar-refractivity contribution is -0.114. The number of benzene rings is 1. The highest BCUT2D eigenvalue weighted by molar-refractivity contribution is 6.34. The van der Waals surface area contributed by atoms with Crippen LogP contribution in [-0.4, -0.2) is 55.0 Å². The Kier molecular flexibility index (Phi) is 4.69. The second-order valence-electron chi connectivity index (χ2n) is 5.33. The van der Waals surface area contributed by atoms with E-state index in [1.807, 2.05) is 14.1 Å². The lowest BCUT2D eigenvalue weighted by Crippen LogP contribution is -2.60. The SMILES string of the molecule is CC(=O)Nc1ccc(NC(=O)N2CC(N(C)C)C2)c(Cl)c1. The van der Waals surface area contributed by atoms with Crippen LogP contribution in [0.25, 0.3) is 0 Å². The van der Waals surface area contributed by atoms with Crippen LogP contribution in [0.1, 0.15) is 6.92 Å². The summed E-state index contributed by atoms with van der Waals surface area (Å²) < 4.78 is 0. The highest BCUT2D eigenvalue weighted by atomic mass is 35.5. The van der Waals surface area contributed by atoms with Crippen LogP contribution >= 0.6 is 11.6 Å². The summed E-state index contributed by atoms with van der Waals surface area (Å²) in [6.45, 7) is 2.84. The second-order valence-corrected chi connectivity index (χ2v) is 5.74. The Hall–Kier alpha value is -1.79. The van der Waals surface area contributed by atoms with Gasteiger partial charge in [0.2, 0.25) is 5.91 Å². The average molecular weight is 311 g/mol. The van der Waals surface area contributed by atoms with Crippen LogP contribution in [0.5, 0.6) is 0 Å². The van der Waals surface area contributed by atoms with Gasteiger partial charge in [-0.3, -0.25) is 4.79 Å². The van der Waals surface area contributed by atoms with Gasteiger partial charge in [-0.25, -0.2) is 4.79 Å². The van der Waals surface area contributed by atoms with E-state index in [2.05, 4.69) is 15.5 Å². The third-order valence-electron chi connectivity index (χ3n) is 3.41. The Balaban J connectivity index is 1.94. The molecule has 1 aliphatic heterocycles. The number of carbonyl (C=O) groups is 2. The third-order valence-corrected chi connectivity index (χ3v) is 3.72. The number of likely N-dealkylation sites (tertiary alicyclic amines) is 1. The van der Waals surface area contributed by atoms with Crippen LogP contribution in [0.15, 0.2) is 18.2 Å². The van der Waals surface area contributed by atoms with Gasteiger partial charge in [-0.15, -0.1) is 0 Å². The van der Waals surface area contributed by atoms with Gasteiger partial charge in [-0.1, -0.05) is 11.6 Å². The molecule has 0 spiro atoms. The minimum absolute atomic E-state index is 0.165. The van der Waals surface area contributed by atoms with Gasteiger partial charge in [0.05, 0.1) is 10.7 Å². The van der Waals surface area contributed by atoms with E-state index >= 15 is 0 Å². The molecule has 0 aromatic heterocycles. The number of nitrogens with zero attached hydrogens (tertiary/aromatic N) is 2. The van der Waals surface area contributed by atoms with E-state index in [1.54, 1.807) is 23.1 Å². The summed E-state index contributed by atoms with van der Waals surface area (Å²) in [5.41, 5.74) is 1.13. The molecule has 7 heteroatoms. The Labute approximate surface area is 129 Å². The summed E-state index contributed by atoms with van der Waals surface area (Å²) in [5.74, 6) is -0.168. The first-order valence-electron chi connectivity index (χ1n) is 6.66. The second kappa shape index (κ2) is 6.32. The molecule has 1 saturated heterocycles. The molecule has 0 bridgehead atoms. The largest absolute Gasteiger partial charge is 0.326 e. The van der Waals surface area contributed by atoms with E-state index in [9.17, 15) is 9.59 Å².